The van der Waals surface area contributed by atoms with Crippen molar-refractivity contribution in [3.8, 4) is 0 Å². The first-order valence-corrected chi connectivity index (χ1v) is 7.12. The van der Waals surface area contributed by atoms with E-state index in [1.54, 1.807) is 6.07 Å². The number of hydrogen-bond donors (Lipinski definition) is 1. The predicted molar refractivity (Wildman–Crippen MR) is 78.7 cm³/mol. The van der Waals surface area contributed by atoms with Crippen LogP contribution in [0.15, 0.2) is 18.2 Å². The van der Waals surface area contributed by atoms with E-state index in [9.17, 15) is 4.39 Å². The van der Waals surface area contributed by atoms with Gasteiger partial charge in [-0.05, 0) is 25.0 Å². The Morgan fingerprint density at radius 2 is 1.70 bits per heavy atom. The van der Waals surface area contributed by atoms with Crippen LogP contribution in [0.4, 0.5) is 15.9 Å². The Kier molecular flexibility index (Phi) is 3.71. The van der Waals surface area contributed by atoms with Crippen LogP contribution in [0.3, 0.4) is 0 Å². The van der Waals surface area contributed by atoms with Crippen LogP contribution in [-0.4, -0.2) is 9.97 Å². The highest BCUT2D eigenvalue weighted by molar-refractivity contribution is 6.39. The first-order valence-electron chi connectivity index (χ1n) is 5.99. The van der Waals surface area contributed by atoms with E-state index in [1.807, 2.05) is 0 Å². The number of nitrogens with one attached hydrogen (secondary N) is 1. The van der Waals surface area contributed by atoms with E-state index >= 15 is 0 Å². The van der Waals surface area contributed by atoms with Gasteiger partial charge in [0.15, 0.2) is 0 Å². The molecule has 0 aliphatic heterocycles. The third kappa shape index (κ3) is 2.97. The van der Waals surface area contributed by atoms with Crippen molar-refractivity contribution < 1.29 is 4.39 Å². The van der Waals surface area contributed by atoms with Crippen molar-refractivity contribution in [3.05, 3.63) is 45.0 Å². The predicted octanol–water partition coefficient (Wildman–Crippen LogP) is 5.20. The minimum Gasteiger partial charge on any atom is -0.338 e. The molecule has 7 heteroatoms. The Morgan fingerprint density at radius 3 is 2.30 bits per heavy atom. The Hall–Kier alpha value is -1.10. The zero-order chi connectivity index (χ0) is 14.3. The van der Waals surface area contributed by atoms with Crippen LogP contribution in [0.5, 0.6) is 0 Å². The number of nitrogens with zero attached hydrogens (tertiary/aromatic N) is 2. The molecule has 0 saturated heterocycles. The standard InChI is InChI=1S/C13H9Cl3FN3/c14-8-3-7(17)4-9(15)12(8)19-11-5-10(16)18-13(20-11)6-1-2-6/h3-6H,1-2H2,(H,18,19,20). The Bertz CT molecular complexity index is 651. The molecule has 104 valence electrons. The second kappa shape index (κ2) is 5.35. The average molecular weight is 333 g/mol. The number of hydrogen-bond acceptors (Lipinski definition) is 3. The molecule has 1 fully saturated rings. The van der Waals surface area contributed by atoms with E-state index < -0.39 is 5.82 Å². The molecule has 0 amide bonds. The minimum atomic E-state index is -0.495. The normalized spacial score (nSPS) is 14.4. The van der Waals surface area contributed by atoms with Crippen molar-refractivity contribution in [3.63, 3.8) is 0 Å². The van der Waals surface area contributed by atoms with Crippen LogP contribution in [0.1, 0.15) is 24.6 Å². The van der Waals surface area contributed by atoms with Crippen molar-refractivity contribution in [2.75, 3.05) is 5.32 Å². The van der Waals surface area contributed by atoms with Crippen LogP contribution in [-0.2, 0) is 0 Å². The molecule has 0 atom stereocenters. The molecule has 1 aliphatic rings. The molecule has 1 saturated carbocycles. The van der Waals surface area contributed by atoms with Crippen LogP contribution >= 0.6 is 34.8 Å². The van der Waals surface area contributed by atoms with Gasteiger partial charge in [0.2, 0.25) is 0 Å². The molecule has 20 heavy (non-hydrogen) atoms. The van der Waals surface area contributed by atoms with Crippen molar-refractivity contribution in [1.82, 2.24) is 9.97 Å². The summed E-state index contributed by atoms with van der Waals surface area (Å²) in [7, 11) is 0. The molecule has 3 rings (SSSR count). The number of halogens is 4. The maximum atomic E-state index is 13.1. The summed E-state index contributed by atoms with van der Waals surface area (Å²) in [6.07, 6.45) is 2.13. The van der Waals surface area contributed by atoms with E-state index in [-0.39, 0.29) is 10.0 Å². The summed E-state index contributed by atoms with van der Waals surface area (Å²) < 4.78 is 13.1. The van der Waals surface area contributed by atoms with Crippen LogP contribution in [0, 0.1) is 5.82 Å². The quantitative estimate of drug-likeness (QED) is 0.785. The Morgan fingerprint density at radius 1 is 1.05 bits per heavy atom. The van der Waals surface area contributed by atoms with Gasteiger partial charge in [-0.25, -0.2) is 14.4 Å². The Labute approximate surface area is 130 Å². The van der Waals surface area contributed by atoms with Crippen LogP contribution < -0.4 is 5.32 Å². The lowest BCUT2D eigenvalue weighted by Crippen LogP contribution is -2.00. The molecule has 1 aliphatic carbocycles. The van der Waals surface area contributed by atoms with E-state index in [4.69, 9.17) is 34.8 Å². The summed E-state index contributed by atoms with van der Waals surface area (Å²) in [6, 6.07) is 3.93. The second-order valence-electron chi connectivity index (χ2n) is 4.58. The lowest BCUT2D eigenvalue weighted by Gasteiger charge is -2.11. The number of anilines is 2. The minimum absolute atomic E-state index is 0.178. The monoisotopic (exact) mass is 331 g/mol. The Balaban J connectivity index is 1.95. The lowest BCUT2D eigenvalue weighted by molar-refractivity contribution is 0.628. The van der Waals surface area contributed by atoms with Gasteiger partial charge in [-0.1, -0.05) is 34.8 Å². The summed E-state index contributed by atoms with van der Waals surface area (Å²) in [4.78, 5) is 8.56. The molecular formula is C13H9Cl3FN3. The van der Waals surface area contributed by atoms with Crippen LogP contribution in [0.25, 0.3) is 0 Å². The van der Waals surface area contributed by atoms with Gasteiger partial charge in [0.1, 0.15) is 22.6 Å². The molecule has 1 heterocycles. The molecule has 1 aromatic carbocycles. The highest BCUT2D eigenvalue weighted by atomic mass is 35.5. The molecule has 1 N–H and O–H groups in total. The van der Waals surface area contributed by atoms with Gasteiger partial charge in [-0.15, -0.1) is 0 Å². The van der Waals surface area contributed by atoms with E-state index in [2.05, 4.69) is 15.3 Å². The number of aromatic nitrogens is 2. The number of benzene rings is 1. The highest BCUT2D eigenvalue weighted by Crippen LogP contribution is 2.39. The highest BCUT2D eigenvalue weighted by Gasteiger charge is 2.27. The average Bonchev–Trinajstić information content (AvgIpc) is 3.17. The van der Waals surface area contributed by atoms with Gasteiger partial charge in [0.25, 0.3) is 0 Å². The fourth-order valence-corrected chi connectivity index (χ4v) is 2.56. The van der Waals surface area contributed by atoms with E-state index in [0.29, 0.717) is 28.4 Å². The molecule has 0 radical (unpaired) electrons. The third-order valence-electron chi connectivity index (χ3n) is 2.91. The maximum Gasteiger partial charge on any atom is 0.135 e. The van der Waals surface area contributed by atoms with Gasteiger partial charge in [-0.2, -0.15) is 0 Å². The van der Waals surface area contributed by atoms with Crippen molar-refractivity contribution in [2.45, 2.75) is 18.8 Å². The second-order valence-corrected chi connectivity index (χ2v) is 5.78. The molecule has 2 aromatic rings. The van der Waals surface area contributed by atoms with Gasteiger partial charge < -0.3 is 5.32 Å². The summed E-state index contributed by atoms with van der Waals surface area (Å²) in [5.74, 6) is 1.06. The molecule has 0 unspecified atom stereocenters. The fourth-order valence-electron chi connectivity index (χ4n) is 1.81. The SMILES string of the molecule is Fc1cc(Cl)c(Nc2cc(Cl)nc(C3CC3)n2)c(Cl)c1. The topological polar surface area (TPSA) is 37.8 Å². The van der Waals surface area contributed by atoms with E-state index in [0.717, 1.165) is 12.8 Å². The molecule has 3 nitrogen and oxygen atoms in total. The van der Waals surface area contributed by atoms with Crippen molar-refractivity contribution in [1.29, 1.82) is 0 Å². The summed E-state index contributed by atoms with van der Waals surface area (Å²) in [5.41, 5.74) is 0.395. The van der Waals surface area contributed by atoms with Gasteiger partial charge in [0.05, 0.1) is 15.7 Å². The lowest BCUT2D eigenvalue weighted by atomic mass is 10.3. The van der Waals surface area contributed by atoms with E-state index in [1.165, 1.54) is 12.1 Å². The smallest absolute Gasteiger partial charge is 0.135 e. The third-order valence-corrected chi connectivity index (χ3v) is 3.70. The summed E-state index contributed by atoms with van der Waals surface area (Å²) in [5, 5.41) is 3.67. The van der Waals surface area contributed by atoms with Crippen LogP contribution in [0.2, 0.25) is 15.2 Å². The molecule has 1 aromatic heterocycles. The molecule has 0 spiro atoms. The van der Waals surface area contributed by atoms with Gasteiger partial charge in [-0.3, -0.25) is 0 Å². The summed E-state index contributed by atoms with van der Waals surface area (Å²) in [6.45, 7) is 0. The summed E-state index contributed by atoms with van der Waals surface area (Å²) >= 11 is 17.9. The zero-order valence-corrected chi connectivity index (χ0v) is 12.4. The van der Waals surface area contributed by atoms with Gasteiger partial charge >= 0.3 is 0 Å². The van der Waals surface area contributed by atoms with Crippen molar-refractivity contribution >= 4 is 46.3 Å². The van der Waals surface area contributed by atoms with Crippen molar-refractivity contribution in [2.24, 2.45) is 0 Å². The van der Waals surface area contributed by atoms with Gasteiger partial charge in [0, 0.05) is 12.0 Å². The first-order chi connectivity index (χ1) is 9.52. The molecule has 0 bridgehead atoms. The zero-order valence-electron chi connectivity index (χ0n) is 10.1. The fraction of sp³-hybridized carbons (Fsp3) is 0.231. The molecular weight excluding hydrogens is 324 g/mol. The first kappa shape index (κ1) is 13.9. The number of rotatable bonds is 3. The largest absolute Gasteiger partial charge is 0.338 e. The maximum absolute atomic E-state index is 13.1.